The largest absolute Gasteiger partial charge is 0.493 e. The van der Waals surface area contributed by atoms with Gasteiger partial charge in [-0.05, 0) is 61.9 Å². The van der Waals surface area contributed by atoms with Crippen LogP contribution in [0.1, 0.15) is 36.8 Å². The van der Waals surface area contributed by atoms with Crippen molar-refractivity contribution in [2.24, 2.45) is 5.92 Å². The number of likely N-dealkylation sites (tertiary alicyclic amines) is 1. The number of nitrogen functional groups attached to an aromatic ring is 1. The highest BCUT2D eigenvalue weighted by atomic mass is 35.5. The number of halogens is 2. The molecule has 216 valence electrons. The summed E-state index contributed by atoms with van der Waals surface area (Å²) in [4.78, 5) is 23.1. The number of allylic oxidation sites excluding steroid dienone is 1. The lowest BCUT2D eigenvalue weighted by atomic mass is 10.0. The second-order valence-corrected chi connectivity index (χ2v) is 11.0. The molecular formula is C30H29Cl2N7O3. The molecule has 1 aromatic heterocycles. The van der Waals surface area contributed by atoms with Crippen LogP contribution >= 0.6 is 23.2 Å². The molecule has 0 bridgehead atoms. The fourth-order valence-electron chi connectivity index (χ4n) is 4.72. The Hall–Kier alpha value is -4.33. The Morgan fingerprint density at radius 2 is 1.88 bits per heavy atom. The van der Waals surface area contributed by atoms with Crippen LogP contribution in [0.5, 0.6) is 17.2 Å². The van der Waals surface area contributed by atoms with Gasteiger partial charge in [-0.2, -0.15) is 5.26 Å². The molecule has 1 aliphatic carbocycles. The van der Waals surface area contributed by atoms with Crippen molar-refractivity contribution >= 4 is 46.5 Å². The van der Waals surface area contributed by atoms with Crippen molar-refractivity contribution in [3.63, 3.8) is 0 Å². The molecule has 1 amide bonds. The topological polar surface area (TPSA) is 150 Å². The predicted octanol–water partition coefficient (Wildman–Crippen LogP) is 5.85. The minimum atomic E-state index is -0.211. The molecule has 42 heavy (non-hydrogen) atoms. The number of carbonyl (C=O) groups is 1. The number of ether oxygens (including phenoxy) is 2. The van der Waals surface area contributed by atoms with Crippen LogP contribution in [0.2, 0.25) is 10.0 Å². The summed E-state index contributed by atoms with van der Waals surface area (Å²) in [5.74, 6) is 2.04. The van der Waals surface area contributed by atoms with Gasteiger partial charge in [-0.15, -0.1) is 0 Å². The van der Waals surface area contributed by atoms with Crippen LogP contribution in [0, 0.1) is 22.7 Å². The van der Waals surface area contributed by atoms with Crippen molar-refractivity contribution in [1.82, 2.24) is 14.9 Å². The zero-order chi connectivity index (χ0) is 29.8. The predicted molar refractivity (Wildman–Crippen MR) is 162 cm³/mol. The molecule has 4 N–H and O–H groups in total. The number of nitrogens with one attached hydrogen (secondary N) is 2. The van der Waals surface area contributed by atoms with Gasteiger partial charge < -0.3 is 25.4 Å². The van der Waals surface area contributed by atoms with Gasteiger partial charge >= 0.3 is 0 Å². The average Bonchev–Trinajstić information content (AvgIpc) is 3.82. The van der Waals surface area contributed by atoms with E-state index < -0.39 is 0 Å². The van der Waals surface area contributed by atoms with Crippen LogP contribution in [0.4, 0.5) is 11.6 Å². The molecule has 0 atom stereocenters. The lowest BCUT2D eigenvalue weighted by molar-refractivity contribution is -0.127. The van der Waals surface area contributed by atoms with E-state index in [1.165, 1.54) is 13.4 Å². The Morgan fingerprint density at radius 3 is 2.55 bits per heavy atom. The van der Waals surface area contributed by atoms with Gasteiger partial charge in [0.15, 0.2) is 11.5 Å². The third kappa shape index (κ3) is 6.59. The molecule has 0 spiro atoms. The quantitative estimate of drug-likeness (QED) is 0.156. The maximum absolute atomic E-state index is 12.8. The second kappa shape index (κ2) is 12.7. The van der Waals surface area contributed by atoms with Crippen molar-refractivity contribution < 1.29 is 14.3 Å². The molecular weight excluding hydrogens is 577 g/mol. The SMILES string of the molecule is COc1cc(C(=N)c2c(N)ncnc2NC2CCN(C(=O)/C(C#N)=C/C3CC3)CC2)ccc1Oc1ccc(Cl)c(Cl)c1. The van der Waals surface area contributed by atoms with Crippen LogP contribution in [-0.2, 0) is 4.79 Å². The van der Waals surface area contributed by atoms with E-state index in [4.69, 9.17) is 43.8 Å². The monoisotopic (exact) mass is 605 g/mol. The van der Waals surface area contributed by atoms with Gasteiger partial charge in [0.25, 0.3) is 5.91 Å². The fraction of sp³-hybridized carbons (Fsp3) is 0.300. The van der Waals surface area contributed by atoms with Gasteiger partial charge in [-0.3, -0.25) is 10.2 Å². The van der Waals surface area contributed by atoms with Crippen molar-refractivity contribution in [1.29, 1.82) is 10.7 Å². The third-order valence-electron chi connectivity index (χ3n) is 7.20. The number of aromatic nitrogens is 2. The highest BCUT2D eigenvalue weighted by molar-refractivity contribution is 6.42. The molecule has 2 aromatic carbocycles. The first kappa shape index (κ1) is 29.2. The molecule has 12 heteroatoms. The highest BCUT2D eigenvalue weighted by Gasteiger charge is 2.28. The number of carbonyl (C=O) groups excluding carboxylic acids is 1. The van der Waals surface area contributed by atoms with Crippen molar-refractivity contribution in [2.45, 2.75) is 31.7 Å². The third-order valence-corrected chi connectivity index (χ3v) is 7.94. The molecule has 0 unspecified atom stereocenters. The van der Waals surface area contributed by atoms with E-state index in [2.05, 4.69) is 21.4 Å². The minimum absolute atomic E-state index is 0.00985. The summed E-state index contributed by atoms with van der Waals surface area (Å²) in [6, 6.07) is 12.1. The average molecular weight is 607 g/mol. The molecule has 5 rings (SSSR count). The molecule has 1 saturated heterocycles. The number of methoxy groups -OCH3 is 1. The van der Waals surface area contributed by atoms with E-state index in [0.717, 1.165) is 12.8 Å². The normalized spacial score (nSPS) is 15.6. The van der Waals surface area contributed by atoms with E-state index >= 15 is 0 Å². The van der Waals surface area contributed by atoms with Gasteiger partial charge in [0.05, 0.1) is 28.4 Å². The van der Waals surface area contributed by atoms with Crippen LogP contribution in [-0.4, -0.2) is 52.7 Å². The molecule has 1 saturated carbocycles. The number of nitrogens with zero attached hydrogens (tertiary/aromatic N) is 4. The van der Waals surface area contributed by atoms with Crippen molar-refractivity contribution in [3.8, 4) is 23.3 Å². The molecule has 0 radical (unpaired) electrons. The first-order chi connectivity index (χ1) is 20.3. The van der Waals surface area contributed by atoms with Crippen molar-refractivity contribution in [3.05, 3.63) is 75.5 Å². The summed E-state index contributed by atoms with van der Waals surface area (Å²) in [7, 11) is 1.51. The van der Waals surface area contributed by atoms with Gasteiger partial charge in [-0.25, -0.2) is 9.97 Å². The van der Waals surface area contributed by atoms with E-state index in [9.17, 15) is 10.1 Å². The van der Waals surface area contributed by atoms with Gasteiger partial charge in [0.2, 0.25) is 0 Å². The summed E-state index contributed by atoms with van der Waals surface area (Å²) in [6.07, 6.45) is 6.53. The summed E-state index contributed by atoms with van der Waals surface area (Å²) in [5.41, 5.74) is 7.46. The smallest absolute Gasteiger partial charge is 0.264 e. The fourth-order valence-corrected chi connectivity index (χ4v) is 5.01. The van der Waals surface area contributed by atoms with Crippen LogP contribution in [0.25, 0.3) is 0 Å². The lowest BCUT2D eigenvalue weighted by Gasteiger charge is -2.33. The summed E-state index contributed by atoms with van der Waals surface area (Å²) in [5, 5.41) is 22.6. The van der Waals surface area contributed by atoms with E-state index in [1.807, 2.05) is 0 Å². The maximum Gasteiger partial charge on any atom is 0.264 e. The zero-order valence-corrected chi connectivity index (χ0v) is 24.4. The summed E-state index contributed by atoms with van der Waals surface area (Å²) in [6.45, 7) is 1.01. The Labute approximate surface area is 253 Å². The Bertz CT molecular complexity index is 1590. The van der Waals surface area contributed by atoms with E-state index in [-0.39, 0.29) is 29.1 Å². The Morgan fingerprint density at radius 1 is 1.12 bits per heavy atom. The zero-order valence-electron chi connectivity index (χ0n) is 22.9. The number of nitrogens with two attached hydrogens (primary N) is 1. The maximum atomic E-state index is 12.8. The van der Waals surface area contributed by atoms with Crippen LogP contribution < -0.4 is 20.5 Å². The Balaban J connectivity index is 1.29. The first-order valence-corrected chi connectivity index (χ1v) is 14.2. The van der Waals surface area contributed by atoms with Crippen molar-refractivity contribution in [2.75, 3.05) is 31.2 Å². The molecule has 3 aromatic rings. The number of piperidine rings is 1. The van der Waals surface area contributed by atoms with E-state index in [0.29, 0.717) is 76.1 Å². The number of anilines is 2. The van der Waals surface area contributed by atoms with Gasteiger partial charge in [-0.1, -0.05) is 29.3 Å². The molecule has 1 aliphatic heterocycles. The number of amides is 1. The van der Waals surface area contributed by atoms with E-state index in [1.54, 1.807) is 47.4 Å². The summed E-state index contributed by atoms with van der Waals surface area (Å²) < 4.78 is 11.5. The number of benzene rings is 2. The standard InChI is InChI=1S/C30H29Cl2N7O3/c1-41-25-13-18(4-7-24(25)42-21-5-6-22(31)23(32)14-21)27(34)26-28(35)36-16-37-29(26)38-20-8-10-39(11-9-20)30(40)19(15-33)12-17-2-3-17/h4-7,12-14,16-17,20,34H,2-3,8-11H2,1H3,(H3,35,36,37,38)/b19-12+,34-27?. The number of rotatable bonds is 9. The highest BCUT2D eigenvalue weighted by Crippen LogP contribution is 2.36. The number of hydrogen-bond acceptors (Lipinski definition) is 9. The molecule has 2 aliphatic rings. The molecule has 2 fully saturated rings. The second-order valence-electron chi connectivity index (χ2n) is 10.1. The van der Waals surface area contributed by atoms with Gasteiger partial charge in [0, 0.05) is 30.8 Å². The first-order valence-electron chi connectivity index (χ1n) is 13.5. The number of hydrogen-bond donors (Lipinski definition) is 3. The van der Waals surface area contributed by atoms with Gasteiger partial charge in [0.1, 0.15) is 35.4 Å². The molecule has 10 nitrogen and oxygen atoms in total. The number of nitriles is 1. The molecule has 2 heterocycles. The summed E-state index contributed by atoms with van der Waals surface area (Å²) >= 11 is 12.1. The Kier molecular flexibility index (Phi) is 8.80. The van der Waals surface area contributed by atoms with Crippen LogP contribution in [0.3, 0.4) is 0 Å². The minimum Gasteiger partial charge on any atom is -0.493 e. The van der Waals surface area contributed by atoms with Crippen LogP contribution in [0.15, 0.2) is 54.4 Å². The lowest BCUT2D eigenvalue weighted by Crippen LogP contribution is -2.43.